The van der Waals surface area contributed by atoms with Crippen molar-refractivity contribution in [3.05, 3.63) is 34.9 Å². The number of halogens is 1. The van der Waals surface area contributed by atoms with E-state index in [4.69, 9.17) is 16.9 Å². The summed E-state index contributed by atoms with van der Waals surface area (Å²) in [5, 5.41) is 9.89. The van der Waals surface area contributed by atoms with E-state index in [9.17, 15) is 4.79 Å². The maximum atomic E-state index is 12.3. The molecule has 1 aromatic rings. The summed E-state index contributed by atoms with van der Waals surface area (Å²) in [5.41, 5.74) is 0.479. The van der Waals surface area contributed by atoms with Crippen LogP contribution < -0.4 is 0 Å². The fourth-order valence-corrected chi connectivity index (χ4v) is 2.76. The zero-order valence-corrected chi connectivity index (χ0v) is 15.4. The monoisotopic (exact) mass is 348 g/mol. The van der Waals surface area contributed by atoms with Gasteiger partial charge >= 0.3 is 0 Å². The number of nitriles is 1. The summed E-state index contributed by atoms with van der Waals surface area (Å²) in [5.74, 6) is -0.00676. The Morgan fingerprint density at radius 3 is 2.29 bits per heavy atom. The lowest BCUT2D eigenvalue weighted by molar-refractivity contribution is -0.134. The average molecular weight is 349 g/mol. The van der Waals surface area contributed by atoms with E-state index in [0.717, 1.165) is 37.7 Å². The number of piperazine rings is 1. The zero-order valence-electron chi connectivity index (χ0n) is 14.6. The largest absolute Gasteiger partial charge is 0.326 e. The normalized spacial score (nSPS) is 16.6. The number of benzene rings is 1. The van der Waals surface area contributed by atoms with Crippen molar-refractivity contribution in [3.8, 4) is 6.07 Å². The van der Waals surface area contributed by atoms with Gasteiger partial charge in [-0.1, -0.05) is 23.7 Å². The van der Waals surface area contributed by atoms with Gasteiger partial charge in [-0.3, -0.25) is 14.6 Å². The summed E-state index contributed by atoms with van der Waals surface area (Å²) in [6.45, 7) is 8.38. The van der Waals surface area contributed by atoms with Gasteiger partial charge in [0, 0.05) is 44.8 Å². The Kier molecular flexibility index (Phi) is 6.22. The van der Waals surface area contributed by atoms with Crippen molar-refractivity contribution in [2.75, 3.05) is 39.8 Å². The van der Waals surface area contributed by atoms with Gasteiger partial charge in [0.2, 0.25) is 5.91 Å². The molecule has 1 aliphatic heterocycles. The summed E-state index contributed by atoms with van der Waals surface area (Å²) < 4.78 is 0. The van der Waals surface area contributed by atoms with Gasteiger partial charge in [0.05, 0.1) is 12.6 Å². The molecule has 1 aromatic carbocycles. The number of amides is 1. The van der Waals surface area contributed by atoms with Crippen molar-refractivity contribution < 1.29 is 4.79 Å². The minimum absolute atomic E-state index is 0.00676. The number of hydrogen-bond donors (Lipinski definition) is 0. The van der Waals surface area contributed by atoms with Crippen molar-refractivity contribution in [1.29, 1.82) is 5.26 Å². The first-order chi connectivity index (χ1) is 11.3. The van der Waals surface area contributed by atoms with Crippen LogP contribution in [0.4, 0.5) is 0 Å². The summed E-state index contributed by atoms with van der Waals surface area (Å²) in [4.78, 5) is 18.4. The van der Waals surface area contributed by atoms with Crippen molar-refractivity contribution in [2.24, 2.45) is 0 Å². The van der Waals surface area contributed by atoms with Gasteiger partial charge in [0.1, 0.15) is 5.54 Å². The molecule has 1 aliphatic rings. The fourth-order valence-electron chi connectivity index (χ4n) is 2.64. The van der Waals surface area contributed by atoms with Crippen molar-refractivity contribution in [2.45, 2.75) is 25.9 Å². The third-order valence-electron chi connectivity index (χ3n) is 4.63. The molecule has 24 heavy (non-hydrogen) atoms. The van der Waals surface area contributed by atoms with Gasteiger partial charge in [-0.05, 0) is 31.5 Å². The van der Waals surface area contributed by atoms with E-state index in [-0.39, 0.29) is 5.91 Å². The highest BCUT2D eigenvalue weighted by atomic mass is 35.5. The maximum absolute atomic E-state index is 12.3. The molecule has 130 valence electrons. The molecule has 1 fully saturated rings. The Morgan fingerprint density at radius 1 is 1.21 bits per heavy atom. The van der Waals surface area contributed by atoms with Crippen LogP contribution in [-0.4, -0.2) is 65.9 Å². The van der Waals surface area contributed by atoms with E-state index in [1.165, 1.54) is 10.5 Å². The van der Waals surface area contributed by atoms with Crippen LogP contribution in [0, 0.1) is 11.3 Å². The van der Waals surface area contributed by atoms with Crippen molar-refractivity contribution in [1.82, 2.24) is 14.7 Å². The van der Waals surface area contributed by atoms with Crippen LogP contribution in [0.1, 0.15) is 19.4 Å². The lowest BCUT2D eigenvalue weighted by Crippen LogP contribution is -2.52. The van der Waals surface area contributed by atoms with E-state index in [1.54, 1.807) is 20.9 Å². The summed E-state index contributed by atoms with van der Waals surface area (Å²) in [6, 6.07) is 10.1. The van der Waals surface area contributed by atoms with Gasteiger partial charge in [-0.15, -0.1) is 0 Å². The van der Waals surface area contributed by atoms with Gasteiger partial charge in [-0.2, -0.15) is 5.26 Å². The van der Waals surface area contributed by atoms with E-state index < -0.39 is 5.54 Å². The standard InChI is InChI=1S/C18H25ClN4O/c1-18(2,14-20)21(3)17(24)13-23-10-8-22(9-11-23)12-15-4-6-16(19)7-5-15/h4-7H,8-13H2,1-3H3. The third-order valence-corrected chi connectivity index (χ3v) is 4.88. The summed E-state index contributed by atoms with van der Waals surface area (Å²) >= 11 is 5.91. The van der Waals surface area contributed by atoms with Crippen molar-refractivity contribution >= 4 is 17.5 Å². The van der Waals surface area contributed by atoms with E-state index in [0.29, 0.717) is 6.54 Å². The van der Waals surface area contributed by atoms with Crippen LogP contribution in [0.5, 0.6) is 0 Å². The number of hydrogen-bond acceptors (Lipinski definition) is 4. The highest BCUT2D eigenvalue weighted by Crippen LogP contribution is 2.14. The quantitative estimate of drug-likeness (QED) is 0.818. The Hall–Kier alpha value is -1.61. The predicted octanol–water partition coefficient (Wildman–Crippen LogP) is 2.22. The van der Waals surface area contributed by atoms with Crippen LogP contribution >= 0.6 is 11.6 Å². The van der Waals surface area contributed by atoms with Gasteiger partial charge < -0.3 is 4.90 Å². The number of likely N-dealkylation sites (N-methyl/N-ethyl adjacent to an activating group) is 1. The lowest BCUT2D eigenvalue weighted by Gasteiger charge is -2.36. The van der Waals surface area contributed by atoms with Crippen LogP contribution in [0.25, 0.3) is 0 Å². The minimum atomic E-state index is -0.770. The Morgan fingerprint density at radius 2 is 1.75 bits per heavy atom. The smallest absolute Gasteiger partial charge is 0.237 e. The second-order valence-corrected chi connectivity index (χ2v) is 7.24. The molecule has 0 N–H and O–H groups in total. The lowest BCUT2D eigenvalue weighted by atomic mass is 10.1. The molecule has 2 rings (SSSR count). The maximum Gasteiger partial charge on any atom is 0.237 e. The highest BCUT2D eigenvalue weighted by Gasteiger charge is 2.29. The number of rotatable bonds is 5. The molecular weight excluding hydrogens is 324 g/mol. The van der Waals surface area contributed by atoms with Crippen LogP contribution in [0.15, 0.2) is 24.3 Å². The molecule has 1 amide bonds. The molecule has 0 bridgehead atoms. The second-order valence-electron chi connectivity index (χ2n) is 6.80. The number of carbonyl (C=O) groups excluding carboxylic acids is 1. The van der Waals surface area contributed by atoms with Crippen LogP contribution in [-0.2, 0) is 11.3 Å². The molecule has 1 heterocycles. The van der Waals surface area contributed by atoms with Crippen LogP contribution in [0.3, 0.4) is 0 Å². The fraction of sp³-hybridized carbons (Fsp3) is 0.556. The SMILES string of the molecule is CN(C(=O)CN1CCN(Cc2ccc(Cl)cc2)CC1)C(C)(C)C#N. The molecule has 0 saturated carbocycles. The van der Waals surface area contributed by atoms with E-state index in [2.05, 4.69) is 28.0 Å². The topological polar surface area (TPSA) is 50.6 Å². The number of nitrogens with zero attached hydrogens (tertiary/aromatic N) is 4. The van der Waals surface area contributed by atoms with Gasteiger partial charge in [0.25, 0.3) is 0 Å². The molecule has 0 radical (unpaired) electrons. The molecule has 6 heteroatoms. The molecule has 0 spiro atoms. The Balaban J connectivity index is 1.79. The molecule has 5 nitrogen and oxygen atoms in total. The molecule has 0 atom stereocenters. The Bertz CT molecular complexity index is 600. The summed E-state index contributed by atoms with van der Waals surface area (Å²) in [6.07, 6.45) is 0. The predicted molar refractivity (Wildman–Crippen MR) is 95.6 cm³/mol. The third kappa shape index (κ3) is 4.94. The summed E-state index contributed by atoms with van der Waals surface area (Å²) in [7, 11) is 1.70. The molecule has 0 aliphatic carbocycles. The average Bonchev–Trinajstić information content (AvgIpc) is 2.58. The first-order valence-corrected chi connectivity index (χ1v) is 8.56. The van der Waals surface area contributed by atoms with E-state index in [1.807, 2.05) is 12.1 Å². The van der Waals surface area contributed by atoms with E-state index >= 15 is 0 Å². The molecular formula is C18H25ClN4O. The number of carbonyl (C=O) groups is 1. The van der Waals surface area contributed by atoms with Crippen molar-refractivity contribution in [3.63, 3.8) is 0 Å². The second kappa shape index (κ2) is 7.98. The van der Waals surface area contributed by atoms with Crippen LogP contribution in [0.2, 0.25) is 5.02 Å². The van der Waals surface area contributed by atoms with Gasteiger partial charge in [0.15, 0.2) is 0 Å². The minimum Gasteiger partial charge on any atom is -0.326 e. The van der Waals surface area contributed by atoms with Gasteiger partial charge in [-0.25, -0.2) is 0 Å². The first kappa shape index (κ1) is 18.7. The molecule has 1 saturated heterocycles. The Labute approximate surface area is 149 Å². The first-order valence-electron chi connectivity index (χ1n) is 8.19. The highest BCUT2D eigenvalue weighted by molar-refractivity contribution is 6.30. The zero-order chi connectivity index (χ0) is 17.7. The molecule has 0 unspecified atom stereocenters. The molecule has 0 aromatic heterocycles.